The van der Waals surface area contributed by atoms with Crippen LogP contribution in [0.25, 0.3) is 0 Å². The van der Waals surface area contributed by atoms with Gasteiger partial charge < -0.3 is 5.11 Å². The third-order valence-electron chi connectivity index (χ3n) is 4.55. The van der Waals surface area contributed by atoms with Crippen molar-refractivity contribution in [3.8, 4) is 0 Å². The zero-order valence-electron chi connectivity index (χ0n) is 12.6. The van der Waals surface area contributed by atoms with E-state index in [0.29, 0.717) is 6.54 Å². The molecule has 0 bridgehead atoms. The summed E-state index contributed by atoms with van der Waals surface area (Å²) in [7, 11) is -2.86. The van der Waals surface area contributed by atoms with Crippen LogP contribution in [0, 0.1) is 0 Å². The number of hydrogen-bond donors (Lipinski definition) is 1. The highest BCUT2D eigenvalue weighted by molar-refractivity contribution is 7.90. The first-order chi connectivity index (χ1) is 9.36. The molecule has 5 nitrogen and oxygen atoms in total. The van der Waals surface area contributed by atoms with E-state index in [9.17, 15) is 13.5 Å². The Labute approximate surface area is 122 Å². The molecule has 2 rings (SSSR count). The van der Waals surface area contributed by atoms with Crippen molar-refractivity contribution in [2.24, 2.45) is 0 Å². The number of rotatable bonds is 5. The van der Waals surface area contributed by atoms with Crippen molar-refractivity contribution in [1.29, 1.82) is 0 Å². The van der Waals surface area contributed by atoms with Gasteiger partial charge in [-0.1, -0.05) is 19.3 Å². The quantitative estimate of drug-likeness (QED) is 0.794. The first-order valence-electron chi connectivity index (χ1n) is 7.71. The lowest BCUT2D eigenvalue weighted by Gasteiger charge is -2.41. The van der Waals surface area contributed by atoms with E-state index in [0.717, 1.165) is 58.4 Å². The summed E-state index contributed by atoms with van der Waals surface area (Å²) in [5.41, 5.74) is -0.479. The average molecular weight is 304 g/mol. The minimum Gasteiger partial charge on any atom is -0.389 e. The maximum absolute atomic E-state index is 11.2. The molecule has 2 fully saturated rings. The van der Waals surface area contributed by atoms with E-state index in [2.05, 4.69) is 9.80 Å². The van der Waals surface area contributed by atoms with Crippen molar-refractivity contribution in [1.82, 2.24) is 9.80 Å². The van der Waals surface area contributed by atoms with Gasteiger partial charge in [-0.3, -0.25) is 9.80 Å². The Hall–Kier alpha value is -0.170. The van der Waals surface area contributed by atoms with E-state index in [1.54, 1.807) is 0 Å². The van der Waals surface area contributed by atoms with Gasteiger partial charge in [0.2, 0.25) is 0 Å². The predicted molar refractivity (Wildman–Crippen MR) is 80.6 cm³/mol. The Kier molecular flexibility index (Phi) is 5.45. The van der Waals surface area contributed by atoms with Gasteiger partial charge in [-0.05, 0) is 12.8 Å². The summed E-state index contributed by atoms with van der Waals surface area (Å²) >= 11 is 0. The molecule has 1 heterocycles. The van der Waals surface area contributed by atoms with E-state index in [4.69, 9.17) is 0 Å². The molecule has 1 saturated heterocycles. The minimum atomic E-state index is -2.86. The van der Waals surface area contributed by atoms with Crippen LogP contribution in [0.3, 0.4) is 0 Å². The lowest BCUT2D eigenvalue weighted by Crippen LogP contribution is -2.53. The van der Waals surface area contributed by atoms with Crippen LogP contribution in [-0.2, 0) is 9.84 Å². The van der Waals surface area contributed by atoms with E-state index >= 15 is 0 Å². The molecule has 2 aliphatic rings. The first-order valence-corrected chi connectivity index (χ1v) is 9.77. The first kappa shape index (κ1) is 16.2. The summed E-state index contributed by atoms with van der Waals surface area (Å²) < 4.78 is 22.3. The van der Waals surface area contributed by atoms with Gasteiger partial charge in [-0.15, -0.1) is 0 Å². The van der Waals surface area contributed by atoms with Gasteiger partial charge in [0.25, 0.3) is 0 Å². The largest absolute Gasteiger partial charge is 0.389 e. The van der Waals surface area contributed by atoms with Crippen molar-refractivity contribution in [3.05, 3.63) is 0 Å². The molecule has 0 spiro atoms. The van der Waals surface area contributed by atoms with Gasteiger partial charge >= 0.3 is 0 Å². The Morgan fingerprint density at radius 1 is 1.00 bits per heavy atom. The predicted octanol–water partition coefficient (Wildman–Crippen LogP) is 0.344. The van der Waals surface area contributed by atoms with Crippen LogP contribution >= 0.6 is 0 Å². The molecular formula is C14H28N2O3S. The third kappa shape index (κ3) is 5.31. The molecule has 0 aromatic rings. The molecule has 1 aliphatic carbocycles. The molecule has 1 saturated carbocycles. The number of piperazine rings is 1. The second kappa shape index (κ2) is 6.73. The molecule has 0 unspecified atom stereocenters. The fraction of sp³-hybridized carbons (Fsp3) is 1.00. The maximum atomic E-state index is 11.2. The molecular weight excluding hydrogens is 276 g/mol. The molecule has 118 valence electrons. The van der Waals surface area contributed by atoms with Crippen LogP contribution in [-0.4, -0.2) is 80.2 Å². The normalized spacial score (nSPS) is 25.7. The Morgan fingerprint density at radius 2 is 1.55 bits per heavy atom. The second-order valence-corrected chi connectivity index (χ2v) is 8.79. The molecule has 0 amide bonds. The van der Waals surface area contributed by atoms with Crippen LogP contribution in [0.4, 0.5) is 0 Å². The van der Waals surface area contributed by atoms with Crippen molar-refractivity contribution in [2.75, 3.05) is 51.3 Å². The molecule has 0 atom stereocenters. The summed E-state index contributed by atoms with van der Waals surface area (Å²) in [4.78, 5) is 4.55. The monoisotopic (exact) mass is 304 g/mol. The highest BCUT2D eigenvalue weighted by atomic mass is 32.2. The number of β-amino-alcohol motifs (C(OH)–C–C–N with tert-alkyl or cyclic N) is 1. The van der Waals surface area contributed by atoms with Gasteiger partial charge in [0, 0.05) is 45.5 Å². The molecule has 6 heteroatoms. The van der Waals surface area contributed by atoms with Gasteiger partial charge in [0.15, 0.2) is 0 Å². The lowest BCUT2D eigenvalue weighted by molar-refractivity contribution is -0.0351. The molecule has 1 aliphatic heterocycles. The van der Waals surface area contributed by atoms with Gasteiger partial charge in [-0.2, -0.15) is 0 Å². The summed E-state index contributed by atoms with van der Waals surface area (Å²) in [5.74, 6) is 0.247. The van der Waals surface area contributed by atoms with Crippen molar-refractivity contribution < 1.29 is 13.5 Å². The third-order valence-corrected chi connectivity index (χ3v) is 5.47. The topological polar surface area (TPSA) is 60.9 Å². The SMILES string of the molecule is CS(=O)(=O)CCN1CCN(CC2(O)CCCCC2)CC1. The van der Waals surface area contributed by atoms with Gasteiger partial charge in [0.1, 0.15) is 9.84 Å². The molecule has 0 aromatic heterocycles. The molecule has 1 N–H and O–H groups in total. The van der Waals surface area contributed by atoms with E-state index < -0.39 is 15.4 Å². The van der Waals surface area contributed by atoms with Crippen molar-refractivity contribution in [3.63, 3.8) is 0 Å². The van der Waals surface area contributed by atoms with E-state index in [1.165, 1.54) is 12.7 Å². The Balaban J connectivity index is 1.71. The Bertz CT molecular complexity index is 397. The zero-order valence-corrected chi connectivity index (χ0v) is 13.4. The highest BCUT2D eigenvalue weighted by Crippen LogP contribution is 2.29. The standard InChI is InChI=1S/C14H28N2O3S/c1-20(18,19)12-11-15-7-9-16(10-8-15)13-14(17)5-3-2-4-6-14/h17H,2-13H2,1H3. The summed E-state index contributed by atoms with van der Waals surface area (Å²) in [6, 6.07) is 0. The summed E-state index contributed by atoms with van der Waals surface area (Å²) in [6.45, 7) is 5.11. The lowest BCUT2D eigenvalue weighted by atomic mass is 9.84. The zero-order chi connectivity index (χ0) is 14.6. The fourth-order valence-electron chi connectivity index (χ4n) is 3.25. The summed E-state index contributed by atoms with van der Waals surface area (Å²) in [5, 5.41) is 10.6. The second-order valence-electron chi connectivity index (χ2n) is 6.53. The number of aliphatic hydroxyl groups is 1. The van der Waals surface area contributed by atoms with Crippen molar-refractivity contribution in [2.45, 2.75) is 37.7 Å². The van der Waals surface area contributed by atoms with Crippen molar-refractivity contribution >= 4 is 9.84 Å². The van der Waals surface area contributed by atoms with Crippen LogP contribution in [0.1, 0.15) is 32.1 Å². The highest BCUT2D eigenvalue weighted by Gasteiger charge is 2.32. The van der Waals surface area contributed by atoms with Gasteiger partial charge in [-0.25, -0.2) is 8.42 Å². The molecule has 0 aromatic carbocycles. The van der Waals surface area contributed by atoms with E-state index in [-0.39, 0.29) is 5.75 Å². The molecule has 20 heavy (non-hydrogen) atoms. The maximum Gasteiger partial charge on any atom is 0.148 e. The smallest absolute Gasteiger partial charge is 0.148 e. The van der Waals surface area contributed by atoms with Crippen LogP contribution < -0.4 is 0 Å². The number of nitrogens with zero attached hydrogens (tertiary/aromatic N) is 2. The van der Waals surface area contributed by atoms with Crippen LogP contribution in [0.15, 0.2) is 0 Å². The minimum absolute atomic E-state index is 0.247. The van der Waals surface area contributed by atoms with Gasteiger partial charge in [0.05, 0.1) is 11.4 Å². The number of hydrogen-bond acceptors (Lipinski definition) is 5. The summed E-state index contributed by atoms with van der Waals surface area (Å²) in [6.07, 6.45) is 6.70. The van der Waals surface area contributed by atoms with Crippen LogP contribution in [0.2, 0.25) is 0 Å². The molecule has 0 radical (unpaired) electrons. The van der Waals surface area contributed by atoms with E-state index in [1.807, 2.05) is 0 Å². The number of sulfone groups is 1. The fourth-order valence-corrected chi connectivity index (χ4v) is 3.84. The average Bonchev–Trinajstić information content (AvgIpc) is 2.37. The Morgan fingerprint density at radius 3 is 2.10 bits per heavy atom. The van der Waals surface area contributed by atoms with Crippen LogP contribution in [0.5, 0.6) is 0 Å².